The topological polar surface area (TPSA) is 32.5 Å². The van der Waals surface area contributed by atoms with Gasteiger partial charge in [-0.1, -0.05) is 0 Å². The zero-order valence-electron chi connectivity index (χ0n) is 11.3. The lowest BCUT2D eigenvalue weighted by molar-refractivity contribution is 0.0771. The number of nitrogens with zero attached hydrogens (tertiary/aromatic N) is 2. The minimum atomic E-state index is 0.632. The van der Waals surface area contributed by atoms with Crippen LogP contribution in [0.4, 0.5) is 0 Å². The first-order valence-electron chi connectivity index (χ1n) is 6.90. The molecule has 3 nitrogen and oxygen atoms in total. The van der Waals surface area contributed by atoms with Crippen molar-refractivity contribution in [2.75, 3.05) is 45.2 Å². The van der Waals surface area contributed by atoms with E-state index >= 15 is 0 Å². The lowest BCUT2D eigenvalue weighted by Gasteiger charge is -2.42. The molecule has 2 aliphatic heterocycles. The molecular weight excluding hydrogens is 230 g/mol. The summed E-state index contributed by atoms with van der Waals surface area (Å²) in [6, 6.07) is 1.36. The molecule has 0 aromatic heterocycles. The molecule has 0 aromatic carbocycles. The Kier molecular flexibility index (Phi) is 5.15. The van der Waals surface area contributed by atoms with Crippen molar-refractivity contribution in [1.29, 1.82) is 0 Å². The molecule has 3 atom stereocenters. The third kappa shape index (κ3) is 3.37. The molecule has 2 N–H and O–H groups in total. The Morgan fingerprint density at radius 1 is 1.41 bits per heavy atom. The van der Waals surface area contributed by atoms with Gasteiger partial charge in [-0.05, 0) is 57.3 Å². The number of piperidine rings is 1. The molecule has 4 heteroatoms. The summed E-state index contributed by atoms with van der Waals surface area (Å²) < 4.78 is 0. The molecule has 2 saturated heterocycles. The van der Waals surface area contributed by atoms with E-state index in [4.69, 9.17) is 5.73 Å². The maximum atomic E-state index is 6.04. The average molecular weight is 257 g/mol. The molecule has 2 aliphatic rings. The SMILES string of the molecule is CN(C)C1CCCN(C(CN)C2CCSC2)C1. The molecular formula is C13H27N3S. The van der Waals surface area contributed by atoms with Gasteiger partial charge >= 0.3 is 0 Å². The number of likely N-dealkylation sites (tertiary alicyclic amines) is 1. The molecule has 3 unspecified atom stereocenters. The van der Waals surface area contributed by atoms with Gasteiger partial charge in [-0.2, -0.15) is 11.8 Å². The average Bonchev–Trinajstić information content (AvgIpc) is 2.84. The van der Waals surface area contributed by atoms with E-state index in [0.29, 0.717) is 6.04 Å². The molecule has 100 valence electrons. The minimum absolute atomic E-state index is 0.632. The molecule has 0 amide bonds. The van der Waals surface area contributed by atoms with Crippen LogP contribution in [-0.2, 0) is 0 Å². The van der Waals surface area contributed by atoms with Crippen molar-refractivity contribution in [1.82, 2.24) is 9.80 Å². The van der Waals surface area contributed by atoms with Gasteiger partial charge in [0.25, 0.3) is 0 Å². The molecule has 0 bridgehead atoms. The molecule has 0 radical (unpaired) electrons. The molecule has 2 heterocycles. The van der Waals surface area contributed by atoms with Crippen LogP contribution in [0.5, 0.6) is 0 Å². The van der Waals surface area contributed by atoms with Crippen LogP contribution in [0.3, 0.4) is 0 Å². The summed E-state index contributed by atoms with van der Waals surface area (Å²) in [4.78, 5) is 5.05. The maximum Gasteiger partial charge on any atom is 0.0255 e. The standard InChI is InChI=1S/C13H27N3S/c1-15(2)12-4-3-6-16(9-12)13(8-14)11-5-7-17-10-11/h11-13H,3-10,14H2,1-2H3. The van der Waals surface area contributed by atoms with Crippen molar-refractivity contribution in [3.8, 4) is 0 Å². The highest BCUT2D eigenvalue weighted by molar-refractivity contribution is 7.99. The molecule has 0 aromatic rings. The summed E-state index contributed by atoms with van der Waals surface area (Å²) in [7, 11) is 4.41. The van der Waals surface area contributed by atoms with E-state index in [0.717, 1.165) is 18.5 Å². The van der Waals surface area contributed by atoms with Gasteiger partial charge in [0, 0.05) is 25.2 Å². The summed E-state index contributed by atoms with van der Waals surface area (Å²) in [5.74, 6) is 3.50. The molecule has 0 saturated carbocycles. The highest BCUT2D eigenvalue weighted by Crippen LogP contribution is 2.30. The van der Waals surface area contributed by atoms with Gasteiger partial charge in [-0.25, -0.2) is 0 Å². The highest BCUT2D eigenvalue weighted by atomic mass is 32.2. The van der Waals surface area contributed by atoms with Crippen molar-refractivity contribution in [2.24, 2.45) is 11.7 Å². The van der Waals surface area contributed by atoms with Crippen LogP contribution in [0.15, 0.2) is 0 Å². The monoisotopic (exact) mass is 257 g/mol. The second-order valence-electron chi connectivity index (χ2n) is 5.68. The summed E-state index contributed by atoms with van der Waals surface area (Å²) in [5, 5.41) is 0. The highest BCUT2D eigenvalue weighted by Gasteiger charge is 2.32. The quantitative estimate of drug-likeness (QED) is 0.817. The van der Waals surface area contributed by atoms with Gasteiger partial charge in [0.15, 0.2) is 0 Å². The van der Waals surface area contributed by atoms with Crippen molar-refractivity contribution >= 4 is 11.8 Å². The Morgan fingerprint density at radius 2 is 2.24 bits per heavy atom. The van der Waals surface area contributed by atoms with Gasteiger partial charge < -0.3 is 10.6 Å². The first-order valence-corrected chi connectivity index (χ1v) is 8.06. The molecule has 0 aliphatic carbocycles. The van der Waals surface area contributed by atoms with Crippen molar-refractivity contribution < 1.29 is 0 Å². The normalized spacial score (nSPS) is 33.2. The van der Waals surface area contributed by atoms with Gasteiger partial charge in [0.2, 0.25) is 0 Å². The number of rotatable bonds is 4. The third-order valence-corrected chi connectivity index (χ3v) is 5.57. The number of likely N-dealkylation sites (N-methyl/N-ethyl adjacent to an activating group) is 1. The Morgan fingerprint density at radius 3 is 2.82 bits per heavy atom. The zero-order valence-corrected chi connectivity index (χ0v) is 12.1. The van der Waals surface area contributed by atoms with Crippen molar-refractivity contribution in [3.63, 3.8) is 0 Å². The van der Waals surface area contributed by atoms with Crippen molar-refractivity contribution in [3.05, 3.63) is 0 Å². The lowest BCUT2D eigenvalue weighted by Crippen LogP contribution is -2.53. The third-order valence-electron chi connectivity index (χ3n) is 4.38. The predicted octanol–water partition coefficient (Wildman–Crippen LogP) is 1.09. The van der Waals surface area contributed by atoms with Crippen LogP contribution in [0.2, 0.25) is 0 Å². The fraction of sp³-hybridized carbons (Fsp3) is 1.00. The van der Waals surface area contributed by atoms with E-state index < -0.39 is 0 Å². The fourth-order valence-corrected chi connectivity index (χ4v) is 4.53. The fourth-order valence-electron chi connectivity index (χ4n) is 3.20. The second-order valence-corrected chi connectivity index (χ2v) is 6.83. The minimum Gasteiger partial charge on any atom is -0.329 e. The van der Waals surface area contributed by atoms with E-state index in [1.54, 1.807) is 0 Å². The molecule has 17 heavy (non-hydrogen) atoms. The number of hydrogen-bond acceptors (Lipinski definition) is 4. The summed E-state index contributed by atoms with van der Waals surface area (Å²) in [5.41, 5.74) is 6.04. The summed E-state index contributed by atoms with van der Waals surface area (Å²) >= 11 is 2.10. The number of hydrogen-bond donors (Lipinski definition) is 1. The first-order chi connectivity index (χ1) is 8.22. The number of nitrogens with two attached hydrogens (primary N) is 1. The predicted molar refractivity (Wildman–Crippen MR) is 76.6 cm³/mol. The number of thioether (sulfide) groups is 1. The van der Waals surface area contributed by atoms with E-state index in [1.165, 1.54) is 43.9 Å². The van der Waals surface area contributed by atoms with Crippen molar-refractivity contribution in [2.45, 2.75) is 31.3 Å². The van der Waals surface area contributed by atoms with Gasteiger partial charge in [-0.15, -0.1) is 0 Å². The summed E-state index contributed by atoms with van der Waals surface area (Å²) in [6.45, 7) is 3.31. The Labute approximate surface area is 110 Å². The van der Waals surface area contributed by atoms with Gasteiger partial charge in [0.1, 0.15) is 0 Å². The zero-order chi connectivity index (χ0) is 12.3. The molecule has 2 rings (SSSR count). The maximum absolute atomic E-state index is 6.04. The first kappa shape index (κ1) is 13.7. The van der Waals surface area contributed by atoms with Crippen LogP contribution >= 0.6 is 11.8 Å². The van der Waals surface area contributed by atoms with Crippen LogP contribution < -0.4 is 5.73 Å². The smallest absolute Gasteiger partial charge is 0.0255 e. The largest absolute Gasteiger partial charge is 0.329 e. The van der Waals surface area contributed by atoms with E-state index in [2.05, 4.69) is 35.7 Å². The van der Waals surface area contributed by atoms with Crippen LogP contribution in [0.25, 0.3) is 0 Å². The van der Waals surface area contributed by atoms with Crippen LogP contribution in [0, 0.1) is 5.92 Å². The van der Waals surface area contributed by atoms with E-state index in [-0.39, 0.29) is 0 Å². The second kappa shape index (κ2) is 6.41. The Bertz CT molecular complexity index is 229. The Balaban J connectivity index is 1.93. The van der Waals surface area contributed by atoms with Gasteiger partial charge in [0.05, 0.1) is 0 Å². The Hall–Kier alpha value is 0.230. The van der Waals surface area contributed by atoms with E-state index in [9.17, 15) is 0 Å². The van der Waals surface area contributed by atoms with Crippen LogP contribution in [-0.4, -0.2) is 67.1 Å². The molecule has 0 spiro atoms. The molecule has 2 fully saturated rings. The van der Waals surface area contributed by atoms with Crippen LogP contribution in [0.1, 0.15) is 19.3 Å². The lowest BCUT2D eigenvalue weighted by atomic mass is 9.94. The van der Waals surface area contributed by atoms with E-state index in [1.807, 2.05) is 0 Å². The summed E-state index contributed by atoms with van der Waals surface area (Å²) in [6.07, 6.45) is 4.05. The van der Waals surface area contributed by atoms with Gasteiger partial charge in [-0.3, -0.25) is 4.90 Å².